The number of hydrogen-bond donors (Lipinski definition) is 2. The highest BCUT2D eigenvalue weighted by atomic mass is 35.5. The van der Waals surface area contributed by atoms with Crippen LogP contribution in [0.2, 0.25) is 5.02 Å². The van der Waals surface area contributed by atoms with Gasteiger partial charge in [0.05, 0.1) is 17.8 Å². The zero-order valence-corrected chi connectivity index (χ0v) is 15.4. The van der Waals surface area contributed by atoms with Crippen LogP contribution >= 0.6 is 23.8 Å². The molecular formula is C19H15ClN2O3S. The van der Waals surface area contributed by atoms with Crippen molar-refractivity contribution in [3.05, 3.63) is 71.4 Å². The Balaban J connectivity index is 1.69. The molecule has 1 heterocycles. The number of hydrogen-bond acceptors (Lipinski definition) is 4. The molecule has 0 atom stereocenters. The van der Waals surface area contributed by atoms with E-state index >= 15 is 0 Å². The average molecular weight is 387 g/mol. The molecule has 0 aliphatic rings. The van der Waals surface area contributed by atoms with Gasteiger partial charge >= 0.3 is 0 Å². The van der Waals surface area contributed by atoms with E-state index in [-0.39, 0.29) is 10.9 Å². The molecule has 5 nitrogen and oxygen atoms in total. The summed E-state index contributed by atoms with van der Waals surface area (Å²) >= 11 is 11.3. The Labute approximate surface area is 160 Å². The molecule has 3 aromatic rings. The monoisotopic (exact) mass is 386 g/mol. The molecule has 0 saturated heterocycles. The van der Waals surface area contributed by atoms with Crippen molar-refractivity contribution in [1.82, 2.24) is 5.32 Å². The standard InChI is InChI=1S/C19H15ClN2O3S/c1-24-16-9-5-4-8-14(16)21-19(26)22-18(23)17-11-10-15(25-17)12-6-2-3-7-13(12)20/h2-11H,1H3,(H2,21,22,23,26). The summed E-state index contributed by atoms with van der Waals surface area (Å²) in [6.07, 6.45) is 0. The first-order chi connectivity index (χ1) is 12.6. The molecule has 0 bridgehead atoms. The second kappa shape index (κ2) is 8.03. The number of rotatable bonds is 4. The van der Waals surface area contributed by atoms with Crippen molar-refractivity contribution in [1.29, 1.82) is 0 Å². The highest BCUT2D eigenvalue weighted by Crippen LogP contribution is 2.29. The molecular weight excluding hydrogens is 372 g/mol. The summed E-state index contributed by atoms with van der Waals surface area (Å²) in [7, 11) is 1.56. The maximum Gasteiger partial charge on any atom is 0.293 e. The van der Waals surface area contributed by atoms with Crippen molar-refractivity contribution in [2.75, 3.05) is 12.4 Å². The molecule has 3 rings (SSSR count). The topological polar surface area (TPSA) is 63.5 Å². The smallest absolute Gasteiger partial charge is 0.293 e. The highest BCUT2D eigenvalue weighted by molar-refractivity contribution is 7.80. The molecule has 26 heavy (non-hydrogen) atoms. The number of amides is 1. The number of benzene rings is 2. The van der Waals surface area contributed by atoms with E-state index in [4.69, 9.17) is 33.0 Å². The SMILES string of the molecule is COc1ccccc1NC(=S)NC(=O)c1ccc(-c2ccccc2Cl)o1. The van der Waals surface area contributed by atoms with Gasteiger partial charge in [0.1, 0.15) is 11.5 Å². The predicted molar refractivity (Wildman–Crippen MR) is 106 cm³/mol. The van der Waals surface area contributed by atoms with E-state index in [2.05, 4.69) is 10.6 Å². The Kier molecular flexibility index (Phi) is 5.55. The number of carbonyl (C=O) groups excluding carboxylic acids is 1. The average Bonchev–Trinajstić information content (AvgIpc) is 3.12. The third-order valence-corrected chi connectivity index (χ3v) is 4.09. The van der Waals surface area contributed by atoms with Crippen LogP contribution in [0.1, 0.15) is 10.6 Å². The maximum absolute atomic E-state index is 12.3. The summed E-state index contributed by atoms with van der Waals surface area (Å²) < 4.78 is 10.8. The van der Waals surface area contributed by atoms with E-state index in [1.165, 1.54) is 0 Å². The van der Waals surface area contributed by atoms with Crippen LogP contribution in [0.3, 0.4) is 0 Å². The van der Waals surface area contributed by atoms with Gasteiger partial charge in [0, 0.05) is 5.56 Å². The van der Waals surface area contributed by atoms with Crippen molar-refractivity contribution >= 4 is 40.5 Å². The van der Waals surface area contributed by atoms with Crippen molar-refractivity contribution < 1.29 is 13.9 Å². The van der Waals surface area contributed by atoms with Crippen molar-refractivity contribution in [2.45, 2.75) is 0 Å². The summed E-state index contributed by atoms with van der Waals surface area (Å²) in [5, 5.41) is 6.17. The predicted octanol–water partition coefficient (Wildman–Crippen LogP) is 4.74. The van der Waals surface area contributed by atoms with Crippen LogP contribution in [0.15, 0.2) is 65.1 Å². The van der Waals surface area contributed by atoms with Gasteiger partial charge < -0.3 is 14.5 Å². The van der Waals surface area contributed by atoms with Crippen LogP contribution in [-0.4, -0.2) is 18.1 Å². The zero-order chi connectivity index (χ0) is 18.5. The number of ether oxygens (including phenoxy) is 1. The Morgan fingerprint density at radius 2 is 1.81 bits per heavy atom. The van der Waals surface area contributed by atoms with Gasteiger partial charge in [-0.05, 0) is 48.6 Å². The van der Waals surface area contributed by atoms with Crippen molar-refractivity contribution in [2.24, 2.45) is 0 Å². The minimum Gasteiger partial charge on any atom is -0.495 e. The molecule has 0 fully saturated rings. The lowest BCUT2D eigenvalue weighted by molar-refractivity contribution is 0.0951. The number of methoxy groups -OCH3 is 1. The number of anilines is 1. The number of carbonyl (C=O) groups is 1. The summed E-state index contributed by atoms with van der Waals surface area (Å²) in [6, 6.07) is 17.7. The molecule has 2 N–H and O–H groups in total. The summed E-state index contributed by atoms with van der Waals surface area (Å²) in [5.41, 5.74) is 1.36. The molecule has 7 heteroatoms. The minimum absolute atomic E-state index is 0.129. The lowest BCUT2D eigenvalue weighted by atomic mass is 10.2. The van der Waals surface area contributed by atoms with Crippen LogP contribution in [0.25, 0.3) is 11.3 Å². The van der Waals surface area contributed by atoms with Gasteiger partial charge in [0.25, 0.3) is 5.91 Å². The fourth-order valence-corrected chi connectivity index (χ4v) is 2.76. The van der Waals surface area contributed by atoms with Crippen LogP contribution in [0.5, 0.6) is 5.75 Å². The molecule has 1 aromatic heterocycles. The Bertz CT molecular complexity index is 955. The van der Waals surface area contributed by atoms with E-state index in [1.54, 1.807) is 37.4 Å². The van der Waals surface area contributed by atoms with Crippen LogP contribution in [-0.2, 0) is 0 Å². The van der Waals surface area contributed by atoms with E-state index in [1.807, 2.05) is 30.3 Å². The third kappa shape index (κ3) is 4.04. The van der Waals surface area contributed by atoms with Gasteiger partial charge in [-0.3, -0.25) is 10.1 Å². The van der Waals surface area contributed by atoms with E-state index in [0.29, 0.717) is 27.8 Å². The summed E-state index contributed by atoms with van der Waals surface area (Å²) in [5.74, 6) is 0.784. The van der Waals surface area contributed by atoms with Crippen molar-refractivity contribution in [3.8, 4) is 17.1 Å². The molecule has 0 radical (unpaired) electrons. The fraction of sp³-hybridized carbons (Fsp3) is 0.0526. The van der Waals surface area contributed by atoms with Gasteiger partial charge in [-0.2, -0.15) is 0 Å². The van der Waals surface area contributed by atoms with Crippen LogP contribution < -0.4 is 15.4 Å². The number of thiocarbonyl (C=S) groups is 1. The first kappa shape index (κ1) is 18.0. The lowest BCUT2D eigenvalue weighted by Crippen LogP contribution is -2.34. The number of halogens is 1. The number of furan rings is 1. The maximum atomic E-state index is 12.3. The molecule has 0 aliphatic heterocycles. The summed E-state index contributed by atoms with van der Waals surface area (Å²) in [6.45, 7) is 0. The quantitative estimate of drug-likeness (QED) is 0.634. The second-order valence-electron chi connectivity index (χ2n) is 5.25. The van der Waals surface area contributed by atoms with Gasteiger partial charge in [0.15, 0.2) is 10.9 Å². The molecule has 0 spiro atoms. The van der Waals surface area contributed by atoms with Gasteiger partial charge in [-0.1, -0.05) is 35.9 Å². The van der Waals surface area contributed by atoms with Crippen LogP contribution in [0, 0.1) is 0 Å². The van der Waals surface area contributed by atoms with E-state index < -0.39 is 5.91 Å². The number of nitrogens with one attached hydrogen (secondary N) is 2. The van der Waals surface area contributed by atoms with Crippen LogP contribution in [0.4, 0.5) is 5.69 Å². The van der Waals surface area contributed by atoms with E-state index in [9.17, 15) is 4.79 Å². The molecule has 0 unspecified atom stereocenters. The Hall–Kier alpha value is -2.83. The molecule has 0 saturated carbocycles. The van der Waals surface area contributed by atoms with E-state index in [0.717, 1.165) is 0 Å². The van der Waals surface area contributed by atoms with Gasteiger partial charge in [0.2, 0.25) is 0 Å². The Morgan fingerprint density at radius 1 is 1.08 bits per heavy atom. The third-order valence-electron chi connectivity index (χ3n) is 3.55. The zero-order valence-electron chi connectivity index (χ0n) is 13.8. The molecule has 132 valence electrons. The number of para-hydroxylation sites is 2. The molecule has 1 amide bonds. The normalized spacial score (nSPS) is 10.2. The first-order valence-electron chi connectivity index (χ1n) is 7.68. The Morgan fingerprint density at radius 3 is 2.58 bits per heavy atom. The van der Waals surface area contributed by atoms with Gasteiger partial charge in [-0.25, -0.2) is 0 Å². The fourth-order valence-electron chi connectivity index (χ4n) is 2.33. The summed E-state index contributed by atoms with van der Waals surface area (Å²) in [4.78, 5) is 12.3. The second-order valence-corrected chi connectivity index (χ2v) is 6.07. The molecule has 2 aromatic carbocycles. The van der Waals surface area contributed by atoms with Gasteiger partial charge in [-0.15, -0.1) is 0 Å². The first-order valence-corrected chi connectivity index (χ1v) is 8.47. The lowest BCUT2D eigenvalue weighted by Gasteiger charge is -2.11. The van der Waals surface area contributed by atoms with Crippen molar-refractivity contribution in [3.63, 3.8) is 0 Å². The largest absolute Gasteiger partial charge is 0.495 e. The molecule has 0 aliphatic carbocycles. The highest BCUT2D eigenvalue weighted by Gasteiger charge is 2.15. The minimum atomic E-state index is -0.462.